The molecular formula is C28H20. The van der Waals surface area contributed by atoms with Crippen molar-refractivity contribution in [2.24, 2.45) is 0 Å². The Morgan fingerprint density at radius 2 is 1.07 bits per heavy atom. The first-order valence-electron chi connectivity index (χ1n) is 10.3. The van der Waals surface area contributed by atoms with Crippen LogP contribution >= 0.6 is 0 Å². The van der Waals surface area contributed by atoms with Crippen LogP contribution in [-0.4, -0.2) is 0 Å². The standard InChI is InChI=1S/C28H20/c1-16-12-21-14-20-11-10-19-13-17-6-2-4-8-22(17)25(19)26(20)27(21)28-23-9-5-3-7-18(23)15-24(16)28/h2-12H,13-15H2,1H3. The summed E-state index contributed by atoms with van der Waals surface area (Å²) >= 11 is 0. The first kappa shape index (κ1) is 14.9. The Morgan fingerprint density at radius 1 is 0.500 bits per heavy atom. The van der Waals surface area contributed by atoms with Gasteiger partial charge in [0.2, 0.25) is 0 Å². The molecule has 0 heteroatoms. The van der Waals surface area contributed by atoms with Crippen molar-refractivity contribution >= 4 is 0 Å². The smallest absolute Gasteiger partial charge is 0.00106 e. The van der Waals surface area contributed by atoms with Crippen molar-refractivity contribution in [1.29, 1.82) is 0 Å². The molecule has 0 amide bonds. The van der Waals surface area contributed by atoms with Gasteiger partial charge < -0.3 is 0 Å². The fourth-order valence-electron chi connectivity index (χ4n) is 5.89. The average Bonchev–Trinajstić information content (AvgIpc) is 3.37. The average molecular weight is 356 g/mol. The summed E-state index contributed by atoms with van der Waals surface area (Å²) in [6, 6.07) is 25.2. The van der Waals surface area contributed by atoms with Crippen molar-refractivity contribution in [3.63, 3.8) is 0 Å². The van der Waals surface area contributed by atoms with E-state index >= 15 is 0 Å². The molecule has 0 fully saturated rings. The number of aryl methyl sites for hydroxylation is 1. The van der Waals surface area contributed by atoms with Crippen LogP contribution in [0.25, 0.3) is 33.4 Å². The fourth-order valence-corrected chi connectivity index (χ4v) is 5.89. The minimum atomic E-state index is 1.07. The van der Waals surface area contributed by atoms with Gasteiger partial charge in [0.05, 0.1) is 0 Å². The SMILES string of the molecule is Cc1cc2c(c3c1Cc1ccccc1-3)-c1c(ccc3c1-c1ccccc1C3)C2. The molecule has 132 valence electrons. The zero-order valence-corrected chi connectivity index (χ0v) is 16.0. The Balaban J connectivity index is 1.62. The second kappa shape index (κ2) is 5.02. The number of rotatable bonds is 0. The fraction of sp³-hybridized carbons (Fsp3) is 0.143. The van der Waals surface area contributed by atoms with Crippen LogP contribution < -0.4 is 0 Å². The number of benzene rings is 4. The summed E-state index contributed by atoms with van der Waals surface area (Å²) in [6.45, 7) is 2.30. The summed E-state index contributed by atoms with van der Waals surface area (Å²) in [5.74, 6) is 0. The lowest BCUT2D eigenvalue weighted by atomic mass is 9.87. The Morgan fingerprint density at radius 3 is 1.86 bits per heavy atom. The van der Waals surface area contributed by atoms with E-state index in [9.17, 15) is 0 Å². The Kier molecular flexibility index (Phi) is 2.67. The van der Waals surface area contributed by atoms with Crippen LogP contribution in [0.2, 0.25) is 0 Å². The highest BCUT2D eigenvalue weighted by molar-refractivity contribution is 6.03. The highest BCUT2D eigenvalue weighted by atomic mass is 14.4. The van der Waals surface area contributed by atoms with Gasteiger partial charge in [-0.25, -0.2) is 0 Å². The van der Waals surface area contributed by atoms with E-state index in [0.717, 1.165) is 19.3 Å². The van der Waals surface area contributed by atoms with Crippen molar-refractivity contribution in [1.82, 2.24) is 0 Å². The molecule has 0 nitrogen and oxygen atoms in total. The number of fused-ring (bicyclic) bond motifs is 11. The van der Waals surface area contributed by atoms with Crippen LogP contribution in [0.15, 0.2) is 66.7 Å². The molecule has 3 aliphatic carbocycles. The minimum Gasteiger partial charge on any atom is -0.0619 e. The van der Waals surface area contributed by atoms with E-state index in [1.54, 1.807) is 0 Å². The van der Waals surface area contributed by atoms with Crippen LogP contribution in [0.4, 0.5) is 0 Å². The zero-order chi connectivity index (χ0) is 18.4. The van der Waals surface area contributed by atoms with Crippen molar-refractivity contribution in [2.45, 2.75) is 26.2 Å². The van der Waals surface area contributed by atoms with Crippen molar-refractivity contribution < 1.29 is 0 Å². The molecule has 0 saturated carbocycles. The van der Waals surface area contributed by atoms with Crippen LogP contribution in [0.5, 0.6) is 0 Å². The van der Waals surface area contributed by atoms with Gasteiger partial charge in [0.15, 0.2) is 0 Å². The normalized spacial score (nSPS) is 14.2. The quantitative estimate of drug-likeness (QED) is 0.283. The summed E-state index contributed by atoms with van der Waals surface area (Å²) in [5.41, 5.74) is 19.4. The third-order valence-electron chi connectivity index (χ3n) is 7.07. The van der Waals surface area contributed by atoms with Gasteiger partial charge >= 0.3 is 0 Å². The highest BCUT2D eigenvalue weighted by Gasteiger charge is 2.34. The second-order valence-electron chi connectivity index (χ2n) is 8.56. The van der Waals surface area contributed by atoms with E-state index in [0.29, 0.717) is 0 Å². The van der Waals surface area contributed by atoms with Crippen LogP contribution in [0.1, 0.15) is 38.9 Å². The van der Waals surface area contributed by atoms with Crippen molar-refractivity contribution in [2.75, 3.05) is 0 Å². The summed E-state index contributed by atoms with van der Waals surface area (Å²) in [6.07, 6.45) is 3.21. The minimum absolute atomic E-state index is 1.07. The molecule has 28 heavy (non-hydrogen) atoms. The molecule has 7 rings (SSSR count). The lowest BCUT2D eigenvalue weighted by molar-refractivity contribution is 1.19. The molecule has 0 aliphatic heterocycles. The molecule has 4 aromatic carbocycles. The zero-order valence-electron chi connectivity index (χ0n) is 16.0. The van der Waals surface area contributed by atoms with E-state index in [2.05, 4.69) is 73.7 Å². The molecule has 0 spiro atoms. The maximum Gasteiger partial charge on any atom is -0.00106 e. The summed E-state index contributed by atoms with van der Waals surface area (Å²) in [5, 5.41) is 0. The first-order chi connectivity index (χ1) is 13.8. The van der Waals surface area contributed by atoms with Gasteiger partial charge in [0, 0.05) is 0 Å². The van der Waals surface area contributed by atoms with E-state index in [-0.39, 0.29) is 0 Å². The first-order valence-corrected chi connectivity index (χ1v) is 10.3. The largest absolute Gasteiger partial charge is 0.0619 e. The van der Waals surface area contributed by atoms with Gasteiger partial charge in [0.25, 0.3) is 0 Å². The second-order valence-corrected chi connectivity index (χ2v) is 8.56. The number of hydrogen-bond donors (Lipinski definition) is 0. The molecule has 0 N–H and O–H groups in total. The van der Waals surface area contributed by atoms with E-state index in [4.69, 9.17) is 0 Å². The van der Waals surface area contributed by atoms with Crippen molar-refractivity contribution in [3.05, 3.63) is 106 Å². The molecule has 0 bridgehead atoms. The van der Waals surface area contributed by atoms with Gasteiger partial charge in [-0.3, -0.25) is 0 Å². The molecule has 0 saturated heterocycles. The molecule has 0 unspecified atom stereocenters. The lowest BCUT2D eigenvalue weighted by Gasteiger charge is -2.16. The van der Waals surface area contributed by atoms with Crippen molar-refractivity contribution in [3.8, 4) is 33.4 Å². The Bertz CT molecular complexity index is 1340. The number of hydrogen-bond acceptors (Lipinski definition) is 0. The molecule has 3 aliphatic rings. The monoisotopic (exact) mass is 356 g/mol. The van der Waals surface area contributed by atoms with E-state index in [1.807, 2.05) is 0 Å². The predicted octanol–water partition coefficient (Wildman–Crippen LogP) is 6.71. The van der Waals surface area contributed by atoms with Gasteiger partial charge in [-0.15, -0.1) is 0 Å². The predicted molar refractivity (Wildman–Crippen MR) is 116 cm³/mol. The molecule has 0 atom stereocenters. The molecule has 0 radical (unpaired) electrons. The van der Waals surface area contributed by atoms with Crippen LogP contribution in [0.3, 0.4) is 0 Å². The Labute approximate surface area is 165 Å². The molecule has 0 heterocycles. The topological polar surface area (TPSA) is 0 Å². The highest BCUT2D eigenvalue weighted by Crippen LogP contribution is 2.55. The van der Waals surface area contributed by atoms with Crippen LogP contribution in [0, 0.1) is 6.92 Å². The molecule has 0 aromatic heterocycles. The van der Waals surface area contributed by atoms with E-state index < -0.39 is 0 Å². The third kappa shape index (κ3) is 1.72. The van der Waals surface area contributed by atoms with Gasteiger partial charge in [0.1, 0.15) is 0 Å². The van der Waals surface area contributed by atoms with Gasteiger partial charge in [-0.05, 0) is 98.5 Å². The summed E-state index contributed by atoms with van der Waals surface area (Å²) < 4.78 is 0. The van der Waals surface area contributed by atoms with Gasteiger partial charge in [-0.1, -0.05) is 66.7 Å². The van der Waals surface area contributed by atoms with Gasteiger partial charge in [-0.2, -0.15) is 0 Å². The maximum absolute atomic E-state index is 2.47. The maximum atomic E-state index is 2.47. The summed E-state index contributed by atoms with van der Waals surface area (Å²) in [4.78, 5) is 0. The summed E-state index contributed by atoms with van der Waals surface area (Å²) in [7, 11) is 0. The van der Waals surface area contributed by atoms with E-state index in [1.165, 1.54) is 72.3 Å². The lowest BCUT2D eigenvalue weighted by Crippen LogP contribution is -1.93. The Hall–Kier alpha value is -3.12. The van der Waals surface area contributed by atoms with Crippen LogP contribution in [-0.2, 0) is 19.3 Å². The molecular weight excluding hydrogens is 336 g/mol. The third-order valence-corrected chi connectivity index (χ3v) is 7.07. The molecule has 4 aromatic rings.